The Labute approximate surface area is 146 Å². The van der Waals surface area contributed by atoms with Crippen LogP contribution in [0.15, 0.2) is 29.3 Å². The van der Waals surface area contributed by atoms with Gasteiger partial charge in [-0.1, -0.05) is 31.4 Å². The number of nitrogens with one attached hydrogen (secondary N) is 2. The normalized spacial score (nSPS) is 16.2. The van der Waals surface area contributed by atoms with E-state index >= 15 is 0 Å². The van der Waals surface area contributed by atoms with Gasteiger partial charge in [-0.05, 0) is 44.6 Å². The highest BCUT2D eigenvalue weighted by atomic mass is 16.5. The molecule has 1 aliphatic carbocycles. The van der Waals surface area contributed by atoms with Crippen molar-refractivity contribution in [2.45, 2.75) is 44.7 Å². The molecule has 0 saturated heterocycles. The zero-order chi connectivity index (χ0) is 17.2. The summed E-state index contributed by atoms with van der Waals surface area (Å²) in [6, 6.07) is 8.81. The summed E-state index contributed by atoms with van der Waals surface area (Å²) < 4.78 is 5.80. The molecule has 5 nitrogen and oxygen atoms in total. The number of aliphatic imine (C=N–C) groups is 1. The van der Waals surface area contributed by atoms with E-state index in [1.165, 1.54) is 37.7 Å². The van der Waals surface area contributed by atoms with Crippen LogP contribution in [0.25, 0.3) is 0 Å². The minimum Gasteiger partial charge on any atom is -0.492 e. The van der Waals surface area contributed by atoms with Crippen molar-refractivity contribution in [2.75, 3.05) is 34.3 Å². The number of nitrogens with zero attached hydrogens (tertiary/aromatic N) is 2. The van der Waals surface area contributed by atoms with E-state index in [1.54, 1.807) is 0 Å². The summed E-state index contributed by atoms with van der Waals surface area (Å²) in [6.07, 6.45) is 6.50. The summed E-state index contributed by atoms with van der Waals surface area (Å²) in [4.78, 5) is 6.46. The van der Waals surface area contributed by atoms with E-state index in [9.17, 15) is 0 Å². The maximum Gasteiger partial charge on any atom is 0.191 e. The minimum absolute atomic E-state index is 0.561. The Morgan fingerprint density at radius 2 is 2.04 bits per heavy atom. The second-order valence-electron chi connectivity index (χ2n) is 6.70. The maximum absolute atomic E-state index is 5.80. The molecule has 1 aromatic rings. The SMILES string of the molecule is CN=C(NCc1cccc(OCCN(C)C)c1)NC1CCCCC1. The van der Waals surface area contributed by atoms with Crippen LogP contribution in [0, 0.1) is 0 Å². The first-order valence-corrected chi connectivity index (χ1v) is 9.01. The lowest BCUT2D eigenvalue weighted by molar-refractivity contribution is 0.261. The Kier molecular flexibility index (Phi) is 7.89. The van der Waals surface area contributed by atoms with Crippen molar-refractivity contribution in [3.63, 3.8) is 0 Å². The fraction of sp³-hybridized carbons (Fsp3) is 0.632. The molecule has 0 bridgehead atoms. The van der Waals surface area contributed by atoms with Crippen LogP contribution in [0.4, 0.5) is 0 Å². The number of ether oxygens (including phenoxy) is 1. The minimum atomic E-state index is 0.561. The van der Waals surface area contributed by atoms with Crippen molar-refractivity contribution in [1.82, 2.24) is 15.5 Å². The molecular formula is C19H32N4O. The Balaban J connectivity index is 1.79. The van der Waals surface area contributed by atoms with E-state index in [0.717, 1.165) is 24.8 Å². The summed E-state index contributed by atoms with van der Waals surface area (Å²) >= 11 is 0. The van der Waals surface area contributed by atoms with Crippen LogP contribution in [-0.2, 0) is 6.54 Å². The number of hydrogen-bond donors (Lipinski definition) is 2. The number of guanidine groups is 1. The largest absolute Gasteiger partial charge is 0.492 e. The van der Waals surface area contributed by atoms with Crippen molar-refractivity contribution >= 4 is 5.96 Å². The summed E-state index contributed by atoms with van der Waals surface area (Å²) in [7, 11) is 5.93. The maximum atomic E-state index is 5.80. The smallest absolute Gasteiger partial charge is 0.191 e. The third-order valence-electron chi connectivity index (χ3n) is 4.34. The monoisotopic (exact) mass is 332 g/mol. The van der Waals surface area contributed by atoms with Crippen LogP contribution in [0.2, 0.25) is 0 Å². The molecule has 0 spiro atoms. The topological polar surface area (TPSA) is 48.9 Å². The Bertz CT molecular complexity index is 510. The quantitative estimate of drug-likeness (QED) is 0.595. The van der Waals surface area contributed by atoms with Crippen molar-refractivity contribution in [3.05, 3.63) is 29.8 Å². The standard InChI is InChI=1S/C19H32N4O/c1-20-19(22-17-9-5-4-6-10-17)21-15-16-8-7-11-18(14-16)24-13-12-23(2)3/h7-8,11,14,17H,4-6,9-10,12-13,15H2,1-3H3,(H2,20,21,22). The molecule has 134 valence electrons. The van der Waals surface area contributed by atoms with Crippen LogP contribution in [-0.4, -0.2) is 51.2 Å². The summed E-state index contributed by atoms with van der Waals surface area (Å²) in [5, 5.41) is 6.95. The van der Waals surface area contributed by atoms with Gasteiger partial charge in [-0.25, -0.2) is 0 Å². The van der Waals surface area contributed by atoms with E-state index in [1.807, 2.05) is 19.2 Å². The van der Waals surface area contributed by atoms with Gasteiger partial charge in [-0.2, -0.15) is 0 Å². The van der Waals surface area contributed by atoms with Crippen molar-refractivity contribution in [3.8, 4) is 5.75 Å². The molecule has 1 saturated carbocycles. The van der Waals surface area contributed by atoms with Crippen molar-refractivity contribution in [2.24, 2.45) is 4.99 Å². The first-order chi connectivity index (χ1) is 11.7. The van der Waals surface area contributed by atoms with E-state index < -0.39 is 0 Å². The molecule has 0 heterocycles. The molecule has 0 radical (unpaired) electrons. The highest BCUT2D eigenvalue weighted by Gasteiger charge is 2.14. The molecule has 0 amide bonds. The van der Waals surface area contributed by atoms with Crippen molar-refractivity contribution in [1.29, 1.82) is 0 Å². The first kappa shape index (κ1) is 18.6. The zero-order valence-corrected chi connectivity index (χ0v) is 15.3. The van der Waals surface area contributed by atoms with E-state index in [4.69, 9.17) is 4.74 Å². The third-order valence-corrected chi connectivity index (χ3v) is 4.34. The van der Waals surface area contributed by atoms with E-state index in [0.29, 0.717) is 12.6 Å². The van der Waals surface area contributed by atoms with Gasteiger partial charge in [0, 0.05) is 26.2 Å². The van der Waals surface area contributed by atoms with Crippen LogP contribution >= 0.6 is 0 Å². The van der Waals surface area contributed by atoms with Gasteiger partial charge in [-0.3, -0.25) is 4.99 Å². The van der Waals surface area contributed by atoms with Gasteiger partial charge < -0.3 is 20.3 Å². The number of benzene rings is 1. The average molecular weight is 332 g/mol. The van der Waals surface area contributed by atoms with Gasteiger partial charge in [0.05, 0.1) is 0 Å². The summed E-state index contributed by atoms with van der Waals surface area (Å²) in [5.74, 6) is 1.81. The summed E-state index contributed by atoms with van der Waals surface area (Å²) in [5.41, 5.74) is 1.20. The van der Waals surface area contributed by atoms with Gasteiger partial charge in [0.1, 0.15) is 12.4 Å². The molecule has 0 atom stereocenters. The lowest BCUT2D eigenvalue weighted by atomic mass is 9.96. The molecule has 5 heteroatoms. The van der Waals surface area contributed by atoms with Crippen LogP contribution in [0.5, 0.6) is 5.75 Å². The fourth-order valence-corrected chi connectivity index (χ4v) is 2.91. The molecule has 0 unspecified atom stereocenters. The highest BCUT2D eigenvalue weighted by Crippen LogP contribution is 2.17. The molecule has 1 aliphatic rings. The zero-order valence-electron chi connectivity index (χ0n) is 15.3. The lowest BCUT2D eigenvalue weighted by Crippen LogP contribution is -2.43. The van der Waals surface area contributed by atoms with Crippen LogP contribution in [0.1, 0.15) is 37.7 Å². The van der Waals surface area contributed by atoms with E-state index in [2.05, 4.69) is 46.8 Å². The van der Waals surface area contributed by atoms with Crippen LogP contribution < -0.4 is 15.4 Å². The number of rotatable bonds is 7. The molecular weight excluding hydrogens is 300 g/mol. The molecule has 24 heavy (non-hydrogen) atoms. The molecule has 1 fully saturated rings. The lowest BCUT2D eigenvalue weighted by Gasteiger charge is -2.25. The molecule has 2 N–H and O–H groups in total. The predicted molar refractivity (Wildman–Crippen MR) is 101 cm³/mol. The van der Waals surface area contributed by atoms with Gasteiger partial charge in [0.25, 0.3) is 0 Å². The van der Waals surface area contributed by atoms with Gasteiger partial charge >= 0.3 is 0 Å². The number of likely N-dealkylation sites (N-methyl/N-ethyl adjacent to an activating group) is 1. The second-order valence-corrected chi connectivity index (χ2v) is 6.70. The predicted octanol–water partition coefficient (Wildman–Crippen LogP) is 2.62. The fourth-order valence-electron chi connectivity index (χ4n) is 2.91. The summed E-state index contributed by atoms with van der Waals surface area (Å²) in [6.45, 7) is 2.37. The molecule has 2 rings (SSSR count). The Morgan fingerprint density at radius 3 is 2.75 bits per heavy atom. The molecule has 1 aromatic carbocycles. The van der Waals surface area contributed by atoms with Gasteiger partial charge in [-0.15, -0.1) is 0 Å². The Hall–Kier alpha value is -1.75. The number of hydrogen-bond acceptors (Lipinski definition) is 3. The second kappa shape index (κ2) is 10.2. The van der Waals surface area contributed by atoms with Crippen LogP contribution in [0.3, 0.4) is 0 Å². The van der Waals surface area contributed by atoms with Gasteiger partial charge in [0.2, 0.25) is 0 Å². The average Bonchev–Trinajstić information content (AvgIpc) is 2.59. The first-order valence-electron chi connectivity index (χ1n) is 9.01. The van der Waals surface area contributed by atoms with Gasteiger partial charge in [0.15, 0.2) is 5.96 Å². The molecule has 0 aromatic heterocycles. The highest BCUT2D eigenvalue weighted by molar-refractivity contribution is 5.79. The third kappa shape index (κ3) is 6.79. The Morgan fingerprint density at radius 1 is 1.25 bits per heavy atom. The van der Waals surface area contributed by atoms with Crippen molar-refractivity contribution < 1.29 is 4.74 Å². The van der Waals surface area contributed by atoms with E-state index in [-0.39, 0.29) is 0 Å². The molecule has 0 aliphatic heterocycles.